The van der Waals surface area contributed by atoms with E-state index in [1.165, 1.54) is 12.3 Å². The molecule has 6 nitrogen and oxygen atoms in total. The van der Waals surface area contributed by atoms with Crippen molar-refractivity contribution in [1.29, 1.82) is 0 Å². The maximum Gasteiger partial charge on any atom is 0.347 e. The Hall–Kier alpha value is -1.70. The summed E-state index contributed by atoms with van der Waals surface area (Å²) in [5.41, 5.74) is 0.616. The quantitative estimate of drug-likeness (QED) is 0.831. The molecule has 110 valence electrons. The molecule has 21 heavy (non-hydrogen) atoms. The van der Waals surface area contributed by atoms with Crippen LogP contribution >= 0.6 is 34.5 Å². The van der Waals surface area contributed by atoms with Crippen LogP contribution in [0.4, 0.5) is 0 Å². The maximum absolute atomic E-state index is 12.0. The fraction of sp³-hybridized carbons (Fsp3) is 0.167. The molecular weight excluding hydrogens is 337 g/mol. The first-order chi connectivity index (χ1) is 9.88. The van der Waals surface area contributed by atoms with Crippen molar-refractivity contribution in [3.8, 4) is 0 Å². The van der Waals surface area contributed by atoms with Gasteiger partial charge in [0.05, 0.1) is 22.8 Å². The summed E-state index contributed by atoms with van der Waals surface area (Å²) in [5, 5.41) is 12.4. The molecule has 0 spiro atoms. The molecule has 0 bridgehead atoms. The van der Waals surface area contributed by atoms with Crippen molar-refractivity contribution in [3.63, 3.8) is 0 Å². The van der Waals surface area contributed by atoms with Gasteiger partial charge in [0.2, 0.25) is 0 Å². The van der Waals surface area contributed by atoms with Crippen molar-refractivity contribution >= 4 is 46.4 Å². The summed E-state index contributed by atoms with van der Waals surface area (Å²) in [6.45, 7) is 1.71. The van der Waals surface area contributed by atoms with E-state index in [1.54, 1.807) is 6.92 Å². The second-order valence-corrected chi connectivity index (χ2v) is 5.87. The van der Waals surface area contributed by atoms with Gasteiger partial charge in [-0.05, 0) is 13.0 Å². The molecule has 0 aliphatic heterocycles. The van der Waals surface area contributed by atoms with Gasteiger partial charge >= 0.3 is 5.97 Å². The van der Waals surface area contributed by atoms with E-state index in [1.807, 2.05) is 0 Å². The number of carboxylic acids is 1. The molecule has 2 heterocycles. The number of carbonyl (C=O) groups is 2. The molecular formula is C12H9Cl2N3O3S. The predicted octanol–water partition coefficient (Wildman–Crippen LogP) is 2.78. The number of aromatic nitrogens is 2. The smallest absolute Gasteiger partial charge is 0.347 e. The molecule has 2 aromatic rings. The molecule has 2 rings (SSSR count). The van der Waals surface area contributed by atoms with Crippen LogP contribution in [-0.2, 0) is 6.54 Å². The average Bonchev–Trinajstić information content (AvgIpc) is 2.80. The first-order valence-electron chi connectivity index (χ1n) is 5.67. The number of carboxylic acid groups (broad SMARTS) is 1. The van der Waals surface area contributed by atoms with Gasteiger partial charge in [0, 0.05) is 6.20 Å². The third-order valence-corrected chi connectivity index (χ3v) is 4.16. The van der Waals surface area contributed by atoms with Crippen LogP contribution < -0.4 is 5.32 Å². The lowest BCUT2D eigenvalue weighted by atomic mass is 10.2. The van der Waals surface area contributed by atoms with Crippen LogP contribution in [0.25, 0.3) is 0 Å². The van der Waals surface area contributed by atoms with E-state index in [9.17, 15) is 9.59 Å². The first kappa shape index (κ1) is 15.7. The molecule has 9 heteroatoms. The first-order valence-corrected chi connectivity index (χ1v) is 7.24. The van der Waals surface area contributed by atoms with Crippen LogP contribution in [0, 0.1) is 6.92 Å². The fourth-order valence-corrected chi connectivity index (χ4v) is 2.75. The van der Waals surface area contributed by atoms with Gasteiger partial charge in [-0.25, -0.2) is 14.8 Å². The van der Waals surface area contributed by atoms with Crippen LogP contribution in [0.5, 0.6) is 0 Å². The van der Waals surface area contributed by atoms with Crippen LogP contribution in [0.15, 0.2) is 12.3 Å². The van der Waals surface area contributed by atoms with E-state index in [0.29, 0.717) is 10.7 Å². The number of aromatic carboxylic acids is 1. The number of pyridine rings is 1. The average molecular weight is 346 g/mol. The van der Waals surface area contributed by atoms with E-state index in [0.717, 1.165) is 11.3 Å². The molecule has 0 aliphatic rings. The number of aryl methyl sites for hydroxylation is 1. The number of rotatable bonds is 4. The zero-order valence-electron chi connectivity index (χ0n) is 10.7. The summed E-state index contributed by atoms with van der Waals surface area (Å²) in [4.78, 5) is 30.9. The molecule has 0 fully saturated rings. The minimum Gasteiger partial charge on any atom is -0.477 e. The Balaban J connectivity index is 2.09. The van der Waals surface area contributed by atoms with Crippen LogP contribution in [0.1, 0.15) is 30.7 Å². The second kappa shape index (κ2) is 6.38. The fourth-order valence-electron chi connectivity index (χ4n) is 1.56. The minimum absolute atomic E-state index is 0.105. The third-order valence-electron chi connectivity index (χ3n) is 2.50. The molecule has 2 aromatic heterocycles. The molecule has 0 saturated carbocycles. The number of nitrogens with zero attached hydrogens (tertiary/aromatic N) is 2. The Morgan fingerprint density at radius 1 is 1.43 bits per heavy atom. The summed E-state index contributed by atoms with van der Waals surface area (Å²) >= 11 is 12.6. The van der Waals surface area contributed by atoms with Gasteiger partial charge in [-0.1, -0.05) is 23.2 Å². The monoisotopic (exact) mass is 345 g/mol. The molecule has 0 aromatic carbocycles. The predicted molar refractivity (Wildman–Crippen MR) is 79.2 cm³/mol. The lowest BCUT2D eigenvalue weighted by Gasteiger charge is -2.05. The second-order valence-electron chi connectivity index (χ2n) is 4.00. The Labute approximate surface area is 133 Å². The Kier molecular flexibility index (Phi) is 4.76. The maximum atomic E-state index is 12.0. The van der Waals surface area contributed by atoms with Gasteiger partial charge in [0.25, 0.3) is 5.91 Å². The molecule has 0 unspecified atom stereocenters. The molecule has 0 saturated heterocycles. The number of amides is 1. The number of hydrogen-bond acceptors (Lipinski definition) is 5. The SMILES string of the molecule is Cc1nc(CNC(=O)c2cc(Cl)ncc2Cl)sc1C(=O)O. The highest BCUT2D eigenvalue weighted by atomic mass is 35.5. The van der Waals surface area contributed by atoms with Gasteiger partial charge in [-0.3, -0.25) is 4.79 Å². The highest BCUT2D eigenvalue weighted by Gasteiger charge is 2.16. The Morgan fingerprint density at radius 3 is 2.76 bits per heavy atom. The van der Waals surface area contributed by atoms with Gasteiger partial charge in [0.15, 0.2) is 0 Å². The lowest BCUT2D eigenvalue weighted by molar-refractivity contribution is 0.0701. The van der Waals surface area contributed by atoms with Crippen LogP contribution in [0.2, 0.25) is 10.2 Å². The zero-order chi connectivity index (χ0) is 15.6. The number of hydrogen-bond donors (Lipinski definition) is 2. The summed E-state index contributed by atoms with van der Waals surface area (Å²) < 4.78 is 0. The number of nitrogens with one attached hydrogen (secondary N) is 1. The van der Waals surface area contributed by atoms with Gasteiger partial charge in [-0.15, -0.1) is 11.3 Å². The largest absolute Gasteiger partial charge is 0.477 e. The summed E-state index contributed by atoms with van der Waals surface area (Å²) in [6.07, 6.45) is 1.29. The summed E-state index contributed by atoms with van der Waals surface area (Å²) in [5.74, 6) is -1.47. The van der Waals surface area contributed by atoms with Crippen molar-refractivity contribution in [2.24, 2.45) is 0 Å². The minimum atomic E-state index is -1.04. The van der Waals surface area contributed by atoms with Crippen LogP contribution in [-0.4, -0.2) is 27.0 Å². The summed E-state index contributed by atoms with van der Waals surface area (Å²) in [6, 6.07) is 1.36. The van der Waals surface area contributed by atoms with Crippen molar-refractivity contribution < 1.29 is 14.7 Å². The van der Waals surface area contributed by atoms with E-state index in [-0.39, 0.29) is 27.2 Å². The van der Waals surface area contributed by atoms with E-state index in [2.05, 4.69) is 15.3 Å². The molecule has 0 radical (unpaired) electrons. The molecule has 2 N–H and O–H groups in total. The summed E-state index contributed by atoms with van der Waals surface area (Å²) in [7, 11) is 0. The van der Waals surface area contributed by atoms with Crippen molar-refractivity contribution in [2.45, 2.75) is 13.5 Å². The van der Waals surface area contributed by atoms with Gasteiger partial charge < -0.3 is 10.4 Å². The number of carbonyl (C=O) groups excluding carboxylic acids is 1. The Bertz CT molecular complexity index is 718. The number of thiazole rings is 1. The van der Waals surface area contributed by atoms with Gasteiger partial charge in [0.1, 0.15) is 15.0 Å². The molecule has 1 amide bonds. The highest BCUT2D eigenvalue weighted by molar-refractivity contribution is 7.13. The van der Waals surface area contributed by atoms with Crippen molar-refractivity contribution in [3.05, 3.63) is 43.6 Å². The van der Waals surface area contributed by atoms with Gasteiger partial charge in [-0.2, -0.15) is 0 Å². The van der Waals surface area contributed by atoms with E-state index in [4.69, 9.17) is 28.3 Å². The Morgan fingerprint density at radius 2 is 2.14 bits per heavy atom. The standard InChI is InChI=1S/C12H9Cl2N3O3S/c1-5-10(12(19)20)21-9(17-5)4-16-11(18)6-2-8(14)15-3-7(6)13/h2-3H,4H2,1H3,(H,16,18)(H,19,20). The normalized spacial score (nSPS) is 10.4. The van der Waals surface area contributed by atoms with E-state index < -0.39 is 11.9 Å². The highest BCUT2D eigenvalue weighted by Crippen LogP contribution is 2.20. The van der Waals surface area contributed by atoms with Crippen molar-refractivity contribution in [2.75, 3.05) is 0 Å². The zero-order valence-corrected chi connectivity index (χ0v) is 13.0. The van der Waals surface area contributed by atoms with Crippen molar-refractivity contribution in [1.82, 2.24) is 15.3 Å². The topological polar surface area (TPSA) is 92.2 Å². The third kappa shape index (κ3) is 3.69. The molecule has 0 aliphatic carbocycles. The molecule has 0 atom stereocenters. The van der Waals surface area contributed by atoms with E-state index >= 15 is 0 Å². The lowest BCUT2D eigenvalue weighted by Crippen LogP contribution is -2.23. The van der Waals surface area contributed by atoms with Crippen LogP contribution in [0.3, 0.4) is 0 Å². The number of halogens is 2.